The number of Topliss-reactive ketones (excluding diaryl/α,β-unsaturated/α-hetero) is 1. The van der Waals surface area contributed by atoms with Crippen LogP contribution in [0, 0.1) is 19.8 Å². The van der Waals surface area contributed by atoms with Gasteiger partial charge in [-0.05, 0) is 62.6 Å². The summed E-state index contributed by atoms with van der Waals surface area (Å²) < 4.78 is 11.1. The molecule has 7 rings (SSSR count). The molecule has 0 bridgehead atoms. The first-order valence-corrected chi connectivity index (χ1v) is 12.7. The van der Waals surface area contributed by atoms with Crippen molar-refractivity contribution in [3.05, 3.63) is 88.5 Å². The van der Waals surface area contributed by atoms with E-state index in [0.29, 0.717) is 17.1 Å². The summed E-state index contributed by atoms with van der Waals surface area (Å²) in [5, 5.41) is 3.21. The second-order valence-electron chi connectivity index (χ2n) is 10.5. The average molecular weight is 481 g/mol. The van der Waals surface area contributed by atoms with E-state index in [2.05, 4.69) is 41.4 Å². The van der Waals surface area contributed by atoms with Crippen LogP contribution in [-0.4, -0.2) is 36.0 Å². The van der Waals surface area contributed by atoms with E-state index >= 15 is 0 Å². The molecule has 0 aromatic heterocycles. The molecule has 4 heterocycles. The van der Waals surface area contributed by atoms with Gasteiger partial charge in [-0.1, -0.05) is 48.0 Å². The molecule has 2 fully saturated rings. The minimum absolute atomic E-state index is 0.0290. The zero-order valence-corrected chi connectivity index (χ0v) is 20.4. The summed E-state index contributed by atoms with van der Waals surface area (Å²) >= 11 is 0. The molecular weight excluding hydrogens is 452 g/mol. The van der Waals surface area contributed by atoms with Crippen molar-refractivity contribution in [1.29, 1.82) is 0 Å². The van der Waals surface area contributed by atoms with Crippen LogP contribution in [0.15, 0.2) is 60.7 Å². The van der Waals surface area contributed by atoms with Crippen LogP contribution in [0.3, 0.4) is 0 Å². The van der Waals surface area contributed by atoms with Gasteiger partial charge in [-0.25, -0.2) is 0 Å². The average Bonchev–Trinajstić information content (AvgIpc) is 3.64. The highest BCUT2D eigenvalue weighted by atomic mass is 16.7. The first kappa shape index (κ1) is 21.6. The number of fused-ring (bicyclic) bond motifs is 5. The fourth-order valence-corrected chi connectivity index (χ4v) is 7.30. The third-order valence-electron chi connectivity index (χ3n) is 8.58. The lowest BCUT2D eigenvalue weighted by molar-refractivity contribution is -0.127. The Balaban J connectivity index is 1.49. The number of nitrogens with zero attached hydrogens (tertiary/aromatic N) is 1. The van der Waals surface area contributed by atoms with Crippen LogP contribution < -0.4 is 14.8 Å². The van der Waals surface area contributed by atoms with E-state index in [9.17, 15) is 9.59 Å². The molecule has 182 valence electrons. The number of hydrogen-bond acceptors (Lipinski definition) is 5. The van der Waals surface area contributed by atoms with Crippen LogP contribution >= 0.6 is 0 Å². The summed E-state index contributed by atoms with van der Waals surface area (Å²) in [5.74, 6) is 0.419. The molecule has 6 nitrogen and oxygen atoms in total. The van der Waals surface area contributed by atoms with Crippen LogP contribution in [0.1, 0.15) is 51.4 Å². The molecule has 3 unspecified atom stereocenters. The summed E-state index contributed by atoms with van der Waals surface area (Å²) in [6.07, 6.45) is 1.97. The maximum absolute atomic E-state index is 14.6. The van der Waals surface area contributed by atoms with Crippen LogP contribution in [0.5, 0.6) is 11.5 Å². The lowest BCUT2D eigenvalue weighted by atomic mass is 9.68. The van der Waals surface area contributed by atoms with Crippen molar-refractivity contribution >= 4 is 17.4 Å². The predicted octanol–water partition coefficient (Wildman–Crippen LogP) is 4.94. The lowest BCUT2D eigenvalue weighted by Gasteiger charge is -2.37. The smallest absolute Gasteiger partial charge is 0.250 e. The quantitative estimate of drug-likeness (QED) is 0.538. The van der Waals surface area contributed by atoms with Gasteiger partial charge >= 0.3 is 0 Å². The molecule has 0 radical (unpaired) electrons. The van der Waals surface area contributed by atoms with Gasteiger partial charge in [-0.15, -0.1) is 0 Å². The molecule has 2 saturated heterocycles. The van der Waals surface area contributed by atoms with Crippen LogP contribution in [0.2, 0.25) is 0 Å². The first-order chi connectivity index (χ1) is 17.5. The molecule has 4 aliphatic rings. The largest absolute Gasteiger partial charge is 0.454 e. The highest BCUT2D eigenvalue weighted by molar-refractivity contribution is 6.13. The Bertz CT molecular complexity index is 1420. The molecule has 1 N–H and O–H groups in total. The standard InChI is InChI=1S/C30H28N2O4/c1-17-13-18(2)27-21(14-17)30(29(34)31-27)26(28(33)20-10-11-23-24(15-20)36-16-35-23)25(19-7-4-3-5-8-19)22-9-6-12-32(22)30/h3-5,7-8,10-11,13-15,22,25-26H,6,9,12,16H2,1-2H3,(H,31,34)/t22?,25?,26?,30-/m1/s1. The Morgan fingerprint density at radius 1 is 1.03 bits per heavy atom. The van der Waals surface area contributed by atoms with Gasteiger partial charge in [-0.2, -0.15) is 0 Å². The van der Waals surface area contributed by atoms with Gasteiger partial charge in [0.15, 0.2) is 17.3 Å². The van der Waals surface area contributed by atoms with Gasteiger partial charge in [0, 0.05) is 28.8 Å². The number of carbonyl (C=O) groups is 2. The normalized spacial score (nSPS) is 27.8. The van der Waals surface area contributed by atoms with Crippen LogP contribution in [0.4, 0.5) is 5.69 Å². The van der Waals surface area contributed by atoms with Gasteiger partial charge in [0.25, 0.3) is 0 Å². The molecule has 0 aliphatic carbocycles. The Morgan fingerprint density at radius 3 is 2.67 bits per heavy atom. The van der Waals surface area contributed by atoms with Gasteiger partial charge < -0.3 is 14.8 Å². The lowest BCUT2D eigenvalue weighted by Crippen LogP contribution is -2.52. The summed E-state index contributed by atoms with van der Waals surface area (Å²) in [7, 11) is 0. The maximum Gasteiger partial charge on any atom is 0.250 e. The minimum atomic E-state index is -1.05. The molecule has 6 heteroatoms. The minimum Gasteiger partial charge on any atom is -0.454 e. The summed E-state index contributed by atoms with van der Waals surface area (Å²) in [6, 6.07) is 20.0. The summed E-state index contributed by atoms with van der Waals surface area (Å²) in [6.45, 7) is 5.03. The van der Waals surface area contributed by atoms with E-state index in [0.717, 1.165) is 47.3 Å². The van der Waals surface area contributed by atoms with Crippen molar-refractivity contribution in [3.63, 3.8) is 0 Å². The maximum atomic E-state index is 14.6. The molecular formula is C30H28N2O4. The van der Waals surface area contributed by atoms with Crippen LogP contribution in [0.25, 0.3) is 0 Å². The van der Waals surface area contributed by atoms with Crippen molar-refractivity contribution in [2.45, 2.75) is 44.2 Å². The number of amides is 1. The fourth-order valence-electron chi connectivity index (χ4n) is 7.30. The highest BCUT2D eigenvalue weighted by Gasteiger charge is 2.69. The molecule has 36 heavy (non-hydrogen) atoms. The highest BCUT2D eigenvalue weighted by Crippen LogP contribution is 2.61. The second kappa shape index (κ2) is 7.68. The van der Waals surface area contributed by atoms with Crippen molar-refractivity contribution in [1.82, 2.24) is 4.90 Å². The topological polar surface area (TPSA) is 67.9 Å². The first-order valence-electron chi connectivity index (χ1n) is 12.7. The monoisotopic (exact) mass is 480 g/mol. The number of aryl methyl sites for hydroxylation is 2. The van der Waals surface area contributed by atoms with Crippen LogP contribution in [-0.2, 0) is 10.3 Å². The Kier molecular flexibility index (Phi) is 4.61. The number of carbonyl (C=O) groups excluding carboxylic acids is 2. The Hall–Kier alpha value is -3.64. The van der Waals surface area contributed by atoms with Gasteiger partial charge in [0.2, 0.25) is 12.7 Å². The van der Waals surface area contributed by atoms with E-state index in [4.69, 9.17) is 9.47 Å². The molecule has 1 amide bonds. The third kappa shape index (κ3) is 2.76. The molecule has 4 aliphatic heterocycles. The molecule has 0 saturated carbocycles. The van der Waals surface area contributed by atoms with Gasteiger partial charge in [0.1, 0.15) is 5.54 Å². The Labute approximate surface area is 210 Å². The van der Waals surface area contributed by atoms with Gasteiger partial charge in [-0.3, -0.25) is 14.5 Å². The number of rotatable bonds is 3. The molecule has 3 aromatic rings. The summed E-state index contributed by atoms with van der Waals surface area (Å²) in [5.41, 5.74) is 4.52. The number of nitrogens with one attached hydrogen (secondary N) is 1. The summed E-state index contributed by atoms with van der Waals surface area (Å²) in [4.78, 5) is 31.2. The zero-order chi connectivity index (χ0) is 24.6. The molecule has 1 spiro atoms. The zero-order valence-electron chi connectivity index (χ0n) is 20.4. The van der Waals surface area contributed by atoms with E-state index in [1.165, 1.54) is 0 Å². The number of anilines is 1. The van der Waals surface area contributed by atoms with Crippen molar-refractivity contribution in [2.75, 3.05) is 18.7 Å². The van der Waals surface area contributed by atoms with E-state index in [-0.39, 0.29) is 30.4 Å². The van der Waals surface area contributed by atoms with Crippen molar-refractivity contribution in [2.24, 2.45) is 5.92 Å². The molecule has 4 atom stereocenters. The predicted molar refractivity (Wildman–Crippen MR) is 136 cm³/mol. The second-order valence-corrected chi connectivity index (χ2v) is 10.5. The number of benzene rings is 3. The van der Waals surface area contributed by atoms with E-state index in [1.54, 1.807) is 12.1 Å². The number of hydrogen-bond donors (Lipinski definition) is 1. The van der Waals surface area contributed by atoms with E-state index < -0.39 is 11.5 Å². The fraction of sp³-hybridized carbons (Fsp3) is 0.333. The third-order valence-corrected chi connectivity index (χ3v) is 8.58. The van der Waals surface area contributed by atoms with Crippen molar-refractivity contribution < 1.29 is 19.1 Å². The van der Waals surface area contributed by atoms with E-state index in [1.807, 2.05) is 31.2 Å². The molecule has 3 aromatic carbocycles. The Morgan fingerprint density at radius 2 is 1.83 bits per heavy atom. The number of ether oxygens (including phenoxy) is 2. The SMILES string of the molecule is Cc1cc(C)c2c(c1)[C@]1(C(=O)N2)C(C(=O)c2ccc3c(c2)OCO3)C(c2ccccc2)C2CCCN21. The number of ketones is 1. The van der Waals surface area contributed by atoms with Crippen molar-refractivity contribution in [3.8, 4) is 11.5 Å². The van der Waals surface area contributed by atoms with Gasteiger partial charge in [0.05, 0.1) is 5.92 Å².